The van der Waals surface area contributed by atoms with Gasteiger partial charge in [-0.05, 0) is 89.6 Å². The number of fused-ring (bicyclic) bond motifs is 5. The van der Waals surface area contributed by atoms with E-state index in [0.717, 1.165) is 55.6 Å². The van der Waals surface area contributed by atoms with Crippen molar-refractivity contribution in [2.24, 2.45) is 0 Å². The van der Waals surface area contributed by atoms with E-state index in [1.807, 2.05) is 18.3 Å². The summed E-state index contributed by atoms with van der Waals surface area (Å²) < 4.78 is 0. The lowest BCUT2D eigenvalue weighted by Gasteiger charge is -2.17. The molecule has 0 spiro atoms. The molecule has 0 bridgehead atoms. The van der Waals surface area contributed by atoms with Gasteiger partial charge in [0.05, 0.1) is 16.7 Å². The van der Waals surface area contributed by atoms with Gasteiger partial charge in [-0.25, -0.2) is 15.0 Å². The molecule has 4 nitrogen and oxygen atoms in total. The number of hydrogen-bond acceptors (Lipinski definition) is 4. The van der Waals surface area contributed by atoms with Gasteiger partial charge in [0, 0.05) is 40.5 Å². The van der Waals surface area contributed by atoms with Gasteiger partial charge in [-0.1, -0.05) is 127 Å². The van der Waals surface area contributed by atoms with Crippen LogP contribution >= 0.6 is 0 Å². The first kappa shape index (κ1) is 28.8. The first-order valence-corrected chi connectivity index (χ1v) is 17.5. The average Bonchev–Trinajstić information content (AvgIpc) is 3.22. The highest BCUT2D eigenvalue weighted by atomic mass is 14.8. The van der Waals surface area contributed by atoms with Crippen LogP contribution < -0.4 is 0 Å². The molecule has 0 saturated carbocycles. The number of benzene rings is 8. The molecular formula is C48H28N4. The molecule has 0 atom stereocenters. The Morgan fingerprint density at radius 1 is 0.327 bits per heavy atom. The minimum absolute atomic E-state index is 0.727. The summed E-state index contributed by atoms with van der Waals surface area (Å²) in [6.45, 7) is 0. The first-order chi connectivity index (χ1) is 25.8. The maximum absolute atomic E-state index is 5.24. The smallest absolute Gasteiger partial charge is 0.159 e. The van der Waals surface area contributed by atoms with Crippen molar-refractivity contribution in [1.29, 1.82) is 0 Å². The summed E-state index contributed by atoms with van der Waals surface area (Å²) in [6, 6.07) is 54.3. The molecule has 0 radical (unpaired) electrons. The van der Waals surface area contributed by atoms with Crippen LogP contribution in [0.1, 0.15) is 0 Å². The molecule has 52 heavy (non-hydrogen) atoms. The van der Waals surface area contributed by atoms with Gasteiger partial charge in [-0.2, -0.15) is 0 Å². The lowest BCUT2D eigenvalue weighted by molar-refractivity contribution is 1.18. The van der Waals surface area contributed by atoms with Gasteiger partial charge in [-0.3, -0.25) is 4.98 Å². The minimum atomic E-state index is 0.727. The molecule has 0 aliphatic heterocycles. The standard InChI is InChI=1S/C48H28N4/c1-6-32-7-2-9-38-40-23-22-35(36-10-3-11-39(45(36)40)37(8-1)44(32)38)42-28-34-21-24-43(52-46(34)47-41(42)12-4-25-49-47)31-17-13-29(14-18-31)30-15-19-33(20-16-30)48-50-26-5-27-51-48/h1-28H. The first-order valence-electron chi connectivity index (χ1n) is 17.5. The fraction of sp³-hybridized carbons (Fsp3) is 0. The maximum Gasteiger partial charge on any atom is 0.159 e. The third kappa shape index (κ3) is 4.34. The zero-order chi connectivity index (χ0) is 34.2. The molecule has 3 heterocycles. The highest BCUT2D eigenvalue weighted by Gasteiger charge is 2.18. The molecule has 0 amide bonds. The van der Waals surface area contributed by atoms with E-state index in [1.165, 1.54) is 54.2 Å². The predicted octanol–water partition coefficient (Wildman–Crippen LogP) is 12.3. The molecule has 0 saturated heterocycles. The van der Waals surface area contributed by atoms with Gasteiger partial charge in [0.2, 0.25) is 0 Å². The Hall–Kier alpha value is -7.04. The number of rotatable bonds is 4. The second-order valence-electron chi connectivity index (χ2n) is 13.4. The molecule has 11 aromatic rings. The molecular weight excluding hydrogens is 633 g/mol. The lowest BCUT2D eigenvalue weighted by Crippen LogP contribution is -1.93. The summed E-state index contributed by atoms with van der Waals surface area (Å²) in [5.74, 6) is 0.727. The monoisotopic (exact) mass is 660 g/mol. The fourth-order valence-corrected chi connectivity index (χ4v) is 8.18. The van der Waals surface area contributed by atoms with Gasteiger partial charge in [-0.15, -0.1) is 0 Å². The summed E-state index contributed by atoms with van der Waals surface area (Å²) in [6.07, 6.45) is 5.41. The zero-order valence-corrected chi connectivity index (χ0v) is 28.0. The van der Waals surface area contributed by atoms with E-state index in [-0.39, 0.29) is 0 Å². The van der Waals surface area contributed by atoms with Crippen molar-refractivity contribution in [2.45, 2.75) is 0 Å². The van der Waals surface area contributed by atoms with Crippen molar-refractivity contribution < 1.29 is 0 Å². The number of aromatic nitrogens is 4. The molecule has 3 aromatic heterocycles. The average molecular weight is 661 g/mol. The van der Waals surface area contributed by atoms with E-state index in [1.54, 1.807) is 12.4 Å². The van der Waals surface area contributed by atoms with E-state index in [9.17, 15) is 0 Å². The zero-order valence-electron chi connectivity index (χ0n) is 28.0. The van der Waals surface area contributed by atoms with Crippen molar-refractivity contribution in [3.05, 3.63) is 170 Å². The Balaban J connectivity index is 1.02. The van der Waals surface area contributed by atoms with Crippen LogP contribution in [0.2, 0.25) is 0 Å². The van der Waals surface area contributed by atoms with Crippen LogP contribution in [0.5, 0.6) is 0 Å². The third-order valence-electron chi connectivity index (χ3n) is 10.6. The Labute approximate surface area is 299 Å². The van der Waals surface area contributed by atoms with Gasteiger partial charge in [0.15, 0.2) is 5.82 Å². The minimum Gasteiger partial charge on any atom is -0.254 e. The molecule has 0 unspecified atom stereocenters. The van der Waals surface area contributed by atoms with E-state index < -0.39 is 0 Å². The van der Waals surface area contributed by atoms with Crippen LogP contribution in [0, 0.1) is 0 Å². The third-order valence-corrected chi connectivity index (χ3v) is 10.6. The highest BCUT2D eigenvalue weighted by molar-refractivity contribution is 6.34. The quantitative estimate of drug-likeness (QED) is 0.139. The van der Waals surface area contributed by atoms with Crippen molar-refractivity contribution in [3.63, 3.8) is 0 Å². The SMILES string of the molecule is c1cnc(-c2ccc(-c3ccc(-c4ccc5cc(-c6ccc7c8cccc9cccc(c%10cccc6c%107)c98)c6cccnc6c5n4)cc3)cc2)nc1. The number of nitrogens with zero attached hydrogens (tertiary/aromatic N) is 4. The van der Waals surface area contributed by atoms with E-state index in [4.69, 9.17) is 9.97 Å². The Morgan fingerprint density at radius 3 is 1.67 bits per heavy atom. The summed E-state index contributed by atoms with van der Waals surface area (Å²) >= 11 is 0. The predicted molar refractivity (Wildman–Crippen MR) is 216 cm³/mol. The number of hydrogen-bond donors (Lipinski definition) is 0. The van der Waals surface area contributed by atoms with Crippen LogP contribution in [0.25, 0.3) is 110 Å². The fourth-order valence-electron chi connectivity index (χ4n) is 8.18. The van der Waals surface area contributed by atoms with Crippen LogP contribution in [0.4, 0.5) is 0 Å². The van der Waals surface area contributed by atoms with Crippen LogP contribution in [0.3, 0.4) is 0 Å². The Kier molecular flexibility index (Phi) is 6.22. The van der Waals surface area contributed by atoms with Crippen molar-refractivity contribution >= 4 is 64.9 Å². The molecule has 240 valence electrons. The summed E-state index contributed by atoms with van der Waals surface area (Å²) in [5, 5.41) is 12.5. The summed E-state index contributed by atoms with van der Waals surface area (Å²) in [5.41, 5.74) is 9.45. The molecule has 8 aromatic carbocycles. The second kappa shape index (κ2) is 11.2. The summed E-state index contributed by atoms with van der Waals surface area (Å²) in [7, 11) is 0. The molecule has 0 fully saturated rings. The normalized spacial score (nSPS) is 11.8. The van der Waals surface area contributed by atoms with E-state index in [2.05, 4.69) is 149 Å². The Morgan fingerprint density at radius 2 is 0.923 bits per heavy atom. The van der Waals surface area contributed by atoms with Gasteiger partial charge in [0.25, 0.3) is 0 Å². The van der Waals surface area contributed by atoms with E-state index in [0.29, 0.717) is 0 Å². The molecule has 0 aliphatic carbocycles. The van der Waals surface area contributed by atoms with Crippen molar-refractivity contribution in [3.8, 4) is 44.9 Å². The molecule has 11 rings (SSSR count). The highest BCUT2D eigenvalue weighted by Crippen LogP contribution is 2.44. The van der Waals surface area contributed by atoms with E-state index >= 15 is 0 Å². The maximum atomic E-state index is 5.24. The van der Waals surface area contributed by atoms with Gasteiger partial charge in [0.1, 0.15) is 0 Å². The lowest BCUT2D eigenvalue weighted by atomic mass is 9.86. The van der Waals surface area contributed by atoms with Gasteiger partial charge >= 0.3 is 0 Å². The largest absolute Gasteiger partial charge is 0.254 e. The van der Waals surface area contributed by atoms with Crippen molar-refractivity contribution in [1.82, 2.24) is 19.9 Å². The van der Waals surface area contributed by atoms with Gasteiger partial charge < -0.3 is 0 Å². The summed E-state index contributed by atoms with van der Waals surface area (Å²) in [4.78, 5) is 18.9. The number of pyridine rings is 2. The van der Waals surface area contributed by atoms with Crippen LogP contribution in [0.15, 0.2) is 170 Å². The second-order valence-corrected chi connectivity index (χ2v) is 13.4. The molecule has 4 heteroatoms. The molecule has 0 N–H and O–H groups in total. The van der Waals surface area contributed by atoms with Crippen LogP contribution in [-0.2, 0) is 0 Å². The Bertz CT molecular complexity index is 3100. The van der Waals surface area contributed by atoms with Crippen molar-refractivity contribution in [2.75, 3.05) is 0 Å². The molecule has 0 aliphatic rings. The van der Waals surface area contributed by atoms with Crippen LogP contribution in [-0.4, -0.2) is 19.9 Å². The topological polar surface area (TPSA) is 51.6 Å².